The van der Waals surface area contributed by atoms with Crippen molar-refractivity contribution in [2.45, 2.75) is 71.1 Å². The number of amides is 1. The van der Waals surface area contributed by atoms with E-state index in [9.17, 15) is 14.3 Å². The van der Waals surface area contributed by atoms with E-state index in [-0.39, 0.29) is 29.1 Å². The number of halogens is 2. The summed E-state index contributed by atoms with van der Waals surface area (Å²) in [5, 5.41) is 18.3. The van der Waals surface area contributed by atoms with Gasteiger partial charge in [0.2, 0.25) is 0 Å². The van der Waals surface area contributed by atoms with Crippen molar-refractivity contribution in [2.24, 2.45) is 7.05 Å². The van der Waals surface area contributed by atoms with Crippen molar-refractivity contribution >= 4 is 22.9 Å². The van der Waals surface area contributed by atoms with E-state index in [0.29, 0.717) is 16.0 Å². The Labute approximate surface area is 236 Å². The highest BCUT2D eigenvalue weighted by molar-refractivity contribution is 7.14. The molecule has 2 N–H and O–H groups in total. The van der Waals surface area contributed by atoms with Gasteiger partial charge in [-0.05, 0) is 91.1 Å². The molecule has 2 aliphatic rings. The monoisotopic (exact) mass is 561 g/mol. The molecule has 3 atom stereocenters. The summed E-state index contributed by atoms with van der Waals surface area (Å²) >= 11 is 1.40. The molecule has 0 saturated carbocycles. The third kappa shape index (κ3) is 4.33. The number of nitrogens with zero attached hydrogens (tertiary/aromatic N) is 2. The first-order valence-corrected chi connectivity index (χ1v) is 14.7. The zero-order valence-electron chi connectivity index (χ0n) is 23.4. The first kappa shape index (κ1) is 26.7. The van der Waals surface area contributed by atoms with Gasteiger partial charge in [0, 0.05) is 40.6 Å². The lowest BCUT2D eigenvalue weighted by Gasteiger charge is -2.21. The number of rotatable bonds is 6. The van der Waals surface area contributed by atoms with Crippen LogP contribution in [0.25, 0.3) is 11.1 Å². The average Bonchev–Trinajstić information content (AvgIpc) is 3.25. The average molecular weight is 562 g/mol. The van der Waals surface area contributed by atoms with E-state index in [4.69, 9.17) is 0 Å². The van der Waals surface area contributed by atoms with E-state index >= 15 is 4.39 Å². The summed E-state index contributed by atoms with van der Waals surface area (Å²) in [6, 6.07) is 8.33. The lowest BCUT2D eigenvalue weighted by molar-refractivity contribution is 0.102. The van der Waals surface area contributed by atoms with Gasteiger partial charge in [0.25, 0.3) is 5.91 Å². The molecule has 8 heteroatoms. The molecule has 0 spiro atoms. The van der Waals surface area contributed by atoms with Gasteiger partial charge in [-0.2, -0.15) is 5.10 Å². The maximum absolute atomic E-state index is 16.0. The highest BCUT2D eigenvalue weighted by Crippen LogP contribution is 2.57. The first-order valence-electron chi connectivity index (χ1n) is 13.9. The quantitative estimate of drug-likeness (QED) is 0.251. The molecule has 2 aromatic carbocycles. The molecule has 0 aliphatic heterocycles. The van der Waals surface area contributed by atoms with Crippen LogP contribution < -0.4 is 5.32 Å². The molecule has 2 aliphatic carbocycles. The Balaban J connectivity index is 1.36. The number of hydrogen-bond acceptors (Lipinski definition) is 4. The van der Waals surface area contributed by atoms with Crippen molar-refractivity contribution in [1.29, 1.82) is 0 Å². The van der Waals surface area contributed by atoms with Gasteiger partial charge in [-0.25, -0.2) is 8.78 Å². The fraction of sp³-hybridized carbons (Fsp3) is 0.375. The molecule has 0 saturated heterocycles. The Morgan fingerprint density at radius 2 is 1.85 bits per heavy atom. The SMILES string of the molecule is Cc1cc(C(C)C(C)c2cc(-c3ccc(F)c(NC(=O)c4cc5c(s4)CCCC5)c3F)c3c(c2O)C3C)nn1C. The minimum absolute atomic E-state index is 0.00436. The van der Waals surface area contributed by atoms with Crippen molar-refractivity contribution in [1.82, 2.24) is 9.78 Å². The third-order valence-electron chi connectivity index (χ3n) is 8.87. The van der Waals surface area contributed by atoms with Crippen LogP contribution in [-0.2, 0) is 19.9 Å². The molecule has 1 amide bonds. The van der Waals surface area contributed by atoms with E-state index in [2.05, 4.69) is 17.3 Å². The summed E-state index contributed by atoms with van der Waals surface area (Å²) in [4.78, 5) is 14.7. The lowest BCUT2D eigenvalue weighted by atomic mass is 9.85. The molecule has 0 fully saturated rings. The number of nitrogens with one attached hydrogen (secondary N) is 1. The van der Waals surface area contributed by atoms with Crippen molar-refractivity contribution in [3.63, 3.8) is 0 Å². The van der Waals surface area contributed by atoms with Crippen LogP contribution >= 0.6 is 11.3 Å². The predicted octanol–water partition coefficient (Wildman–Crippen LogP) is 7.94. The smallest absolute Gasteiger partial charge is 0.265 e. The van der Waals surface area contributed by atoms with Crippen LogP contribution in [0.5, 0.6) is 5.75 Å². The van der Waals surface area contributed by atoms with Crippen molar-refractivity contribution in [3.8, 4) is 16.9 Å². The van der Waals surface area contributed by atoms with Crippen LogP contribution in [0.1, 0.15) is 99.6 Å². The van der Waals surface area contributed by atoms with E-state index in [1.807, 2.05) is 50.7 Å². The summed E-state index contributed by atoms with van der Waals surface area (Å²) in [7, 11) is 1.90. The summed E-state index contributed by atoms with van der Waals surface area (Å²) in [5.41, 5.74) is 5.84. The van der Waals surface area contributed by atoms with Crippen LogP contribution in [0.4, 0.5) is 14.5 Å². The molecular weight excluding hydrogens is 528 g/mol. The minimum atomic E-state index is -0.823. The molecule has 40 heavy (non-hydrogen) atoms. The number of carbonyl (C=O) groups excluding carboxylic acids is 1. The molecular formula is C32H33F2N3O2S. The topological polar surface area (TPSA) is 67.2 Å². The molecule has 2 aromatic heterocycles. The standard InChI is InChI=1S/C32H33F2N3O2S/c1-15-12-24(36-37(15)5)17(3)16(2)21-14-22(27-18(4)28(27)31(21)38)20-10-11-23(33)30(29(20)34)35-32(39)26-13-19-8-6-7-9-25(19)40-26/h10-14,16-18,38H,6-9H2,1-5H3,(H,35,39). The van der Waals surface area contributed by atoms with Gasteiger partial charge in [0.1, 0.15) is 17.3 Å². The Hall–Kier alpha value is -3.52. The first-order chi connectivity index (χ1) is 19.1. The molecule has 6 rings (SSSR count). The Morgan fingerprint density at radius 3 is 2.55 bits per heavy atom. The largest absolute Gasteiger partial charge is 0.507 e. The highest BCUT2D eigenvalue weighted by Gasteiger charge is 2.39. The molecule has 0 radical (unpaired) electrons. The number of phenolic OH excluding ortho intramolecular Hbond substituents is 1. The molecule has 2 heterocycles. The second kappa shape index (κ2) is 9.84. The van der Waals surface area contributed by atoms with Gasteiger partial charge >= 0.3 is 0 Å². The van der Waals surface area contributed by atoms with Crippen molar-refractivity contribution in [3.05, 3.63) is 85.4 Å². The molecule has 208 valence electrons. The third-order valence-corrected chi connectivity index (χ3v) is 10.1. The van der Waals surface area contributed by atoms with E-state index in [1.54, 1.807) is 0 Å². The van der Waals surface area contributed by atoms with Gasteiger partial charge in [-0.15, -0.1) is 11.3 Å². The van der Waals surface area contributed by atoms with Gasteiger partial charge in [-0.3, -0.25) is 9.48 Å². The van der Waals surface area contributed by atoms with Crippen LogP contribution in [0.2, 0.25) is 0 Å². The van der Waals surface area contributed by atoms with E-state index < -0.39 is 23.2 Å². The van der Waals surface area contributed by atoms with E-state index in [0.717, 1.165) is 53.8 Å². The number of thiophene rings is 1. The second-order valence-electron chi connectivity index (χ2n) is 11.3. The number of carbonyl (C=O) groups is 1. The number of hydrogen-bond donors (Lipinski definition) is 2. The van der Waals surface area contributed by atoms with Gasteiger partial charge in [0.15, 0.2) is 5.82 Å². The van der Waals surface area contributed by atoms with Crippen LogP contribution in [-0.4, -0.2) is 20.8 Å². The molecule has 0 bridgehead atoms. The maximum atomic E-state index is 16.0. The molecule has 5 nitrogen and oxygen atoms in total. The van der Waals surface area contributed by atoms with Gasteiger partial charge < -0.3 is 10.4 Å². The molecule has 3 unspecified atom stereocenters. The summed E-state index contributed by atoms with van der Waals surface area (Å²) in [6.07, 6.45) is 4.05. The number of aryl methyl sites for hydroxylation is 4. The number of aromatic hydroxyl groups is 1. The summed E-state index contributed by atoms with van der Waals surface area (Å²) < 4.78 is 32.8. The number of anilines is 1. The number of fused-ring (bicyclic) bond motifs is 2. The van der Waals surface area contributed by atoms with Crippen molar-refractivity contribution in [2.75, 3.05) is 5.32 Å². The summed E-state index contributed by atoms with van der Waals surface area (Å²) in [5.74, 6) is -2.06. The van der Waals surface area contributed by atoms with E-state index in [1.165, 1.54) is 28.3 Å². The number of benzene rings is 2. The normalized spacial score (nSPS) is 17.2. The summed E-state index contributed by atoms with van der Waals surface area (Å²) in [6.45, 7) is 8.05. The Morgan fingerprint density at radius 1 is 1.10 bits per heavy atom. The number of phenols is 1. The Kier molecular flexibility index (Phi) is 6.56. The number of aromatic nitrogens is 2. The zero-order chi connectivity index (χ0) is 28.5. The van der Waals surface area contributed by atoms with Crippen LogP contribution in [0.15, 0.2) is 30.3 Å². The van der Waals surface area contributed by atoms with Gasteiger partial charge in [-0.1, -0.05) is 20.8 Å². The van der Waals surface area contributed by atoms with Crippen LogP contribution in [0, 0.1) is 18.6 Å². The minimum Gasteiger partial charge on any atom is -0.507 e. The second-order valence-corrected chi connectivity index (χ2v) is 12.5. The van der Waals surface area contributed by atoms with Gasteiger partial charge in [0.05, 0.1) is 10.6 Å². The lowest BCUT2D eigenvalue weighted by Crippen LogP contribution is -2.13. The van der Waals surface area contributed by atoms with Crippen LogP contribution in [0.3, 0.4) is 0 Å². The Bertz CT molecular complexity index is 1630. The zero-order valence-corrected chi connectivity index (χ0v) is 24.2. The van der Waals surface area contributed by atoms with Crippen molar-refractivity contribution < 1.29 is 18.7 Å². The fourth-order valence-electron chi connectivity index (χ4n) is 6.06. The molecule has 4 aromatic rings. The maximum Gasteiger partial charge on any atom is 0.265 e. The highest BCUT2D eigenvalue weighted by atomic mass is 32.1. The fourth-order valence-corrected chi connectivity index (χ4v) is 7.21. The predicted molar refractivity (Wildman–Crippen MR) is 155 cm³/mol.